The molecule has 204 valence electrons. The number of rotatable bonds is 14. The summed E-state index contributed by atoms with van der Waals surface area (Å²) in [5.74, 6) is 2.07. The normalized spacial score (nSPS) is 17.0. The summed E-state index contributed by atoms with van der Waals surface area (Å²) in [5.41, 5.74) is 5.36. The van der Waals surface area contributed by atoms with Crippen molar-refractivity contribution in [3.05, 3.63) is 63.8 Å². The summed E-state index contributed by atoms with van der Waals surface area (Å²) in [6, 6.07) is 7.22. The van der Waals surface area contributed by atoms with Crippen molar-refractivity contribution >= 4 is 15.9 Å². The van der Waals surface area contributed by atoms with Crippen LogP contribution in [0.4, 0.5) is 0 Å². The lowest BCUT2D eigenvalue weighted by molar-refractivity contribution is 0.136. The molecule has 1 aliphatic heterocycles. The van der Waals surface area contributed by atoms with E-state index < -0.39 is 0 Å². The third-order valence-corrected chi connectivity index (χ3v) is 8.04. The summed E-state index contributed by atoms with van der Waals surface area (Å²) in [5, 5.41) is 0. The highest BCUT2D eigenvalue weighted by Crippen LogP contribution is 2.33. The van der Waals surface area contributed by atoms with E-state index in [-0.39, 0.29) is 0 Å². The van der Waals surface area contributed by atoms with Crippen LogP contribution in [0.1, 0.15) is 83.5 Å². The number of aromatic nitrogens is 2. The third-order valence-electron chi connectivity index (χ3n) is 7.41. The van der Waals surface area contributed by atoms with Gasteiger partial charge in [-0.1, -0.05) is 44.5 Å². The lowest BCUT2D eigenvalue weighted by Gasteiger charge is -2.35. The molecule has 3 rings (SSSR count). The van der Waals surface area contributed by atoms with Crippen LogP contribution in [0.5, 0.6) is 0 Å². The SMILES string of the molecule is C/C=C(\C)OCCCO/C=C/CC1CCCCN1Cc1c(Br)nc(-c2c(CC)cccc2CC)n1CC. The van der Waals surface area contributed by atoms with Gasteiger partial charge in [-0.05, 0) is 92.6 Å². The van der Waals surface area contributed by atoms with Crippen LogP contribution in [0, 0.1) is 0 Å². The molecule has 5 nitrogen and oxygen atoms in total. The first-order chi connectivity index (χ1) is 18.0. The monoisotopic (exact) mass is 571 g/mol. The zero-order valence-corrected chi connectivity index (χ0v) is 25.1. The van der Waals surface area contributed by atoms with Gasteiger partial charge in [0.15, 0.2) is 0 Å². The predicted molar refractivity (Wildman–Crippen MR) is 158 cm³/mol. The van der Waals surface area contributed by atoms with Crippen LogP contribution < -0.4 is 0 Å². The van der Waals surface area contributed by atoms with E-state index >= 15 is 0 Å². The highest BCUT2D eigenvalue weighted by Gasteiger charge is 2.26. The Labute approximate surface area is 233 Å². The van der Waals surface area contributed by atoms with Gasteiger partial charge in [0.05, 0.1) is 30.9 Å². The Kier molecular flexibility index (Phi) is 12.3. The minimum atomic E-state index is 0.527. The Morgan fingerprint density at radius 3 is 2.57 bits per heavy atom. The number of ether oxygens (including phenoxy) is 2. The molecular formula is C31H46BrN3O2. The van der Waals surface area contributed by atoms with Crippen molar-refractivity contribution in [1.29, 1.82) is 0 Å². The highest BCUT2D eigenvalue weighted by atomic mass is 79.9. The quantitative estimate of drug-likeness (QED) is 0.170. The molecule has 0 aliphatic carbocycles. The summed E-state index contributed by atoms with van der Waals surface area (Å²) in [7, 11) is 0. The van der Waals surface area contributed by atoms with Gasteiger partial charge in [0.1, 0.15) is 10.4 Å². The van der Waals surface area contributed by atoms with E-state index in [0.29, 0.717) is 19.3 Å². The summed E-state index contributed by atoms with van der Waals surface area (Å²) < 4.78 is 14.7. The summed E-state index contributed by atoms with van der Waals surface area (Å²) in [6.07, 6.45) is 13.8. The molecule has 2 aromatic rings. The fourth-order valence-corrected chi connectivity index (χ4v) is 5.71. The topological polar surface area (TPSA) is 39.5 Å². The number of hydrogen-bond acceptors (Lipinski definition) is 4. The van der Waals surface area contributed by atoms with Crippen LogP contribution in [0.2, 0.25) is 0 Å². The second-order valence-electron chi connectivity index (χ2n) is 9.78. The molecule has 0 saturated carbocycles. The van der Waals surface area contributed by atoms with Gasteiger partial charge in [-0.3, -0.25) is 4.90 Å². The third kappa shape index (κ3) is 7.97. The standard InChI is InChI=1S/C31H46BrN3O2/c1-6-24(5)37-22-14-21-36-20-13-18-27-17-10-11-19-34(27)23-28-30(32)33-31(35(28)9-4)29-25(7-2)15-12-16-26(29)8-3/h6,12-13,15-16,20,27H,7-11,14,17-19,21-23H2,1-5H3/b20-13+,24-6+. The molecule has 1 unspecified atom stereocenters. The Morgan fingerprint density at radius 1 is 1.14 bits per heavy atom. The minimum absolute atomic E-state index is 0.527. The van der Waals surface area contributed by atoms with Crippen molar-refractivity contribution in [2.75, 3.05) is 19.8 Å². The maximum atomic E-state index is 5.73. The Hall–Kier alpha value is -2.05. The van der Waals surface area contributed by atoms with Crippen molar-refractivity contribution in [2.45, 2.75) is 98.7 Å². The van der Waals surface area contributed by atoms with Gasteiger partial charge in [-0.15, -0.1) is 0 Å². The van der Waals surface area contributed by atoms with Crippen LogP contribution in [-0.4, -0.2) is 40.3 Å². The van der Waals surface area contributed by atoms with Gasteiger partial charge in [0.2, 0.25) is 0 Å². The first-order valence-corrected chi connectivity index (χ1v) is 15.0. The molecule has 1 saturated heterocycles. The molecular weight excluding hydrogens is 526 g/mol. The molecule has 0 spiro atoms. The van der Waals surface area contributed by atoms with E-state index in [1.165, 1.54) is 41.6 Å². The largest absolute Gasteiger partial charge is 0.501 e. The van der Waals surface area contributed by atoms with Crippen molar-refractivity contribution < 1.29 is 9.47 Å². The van der Waals surface area contributed by atoms with Gasteiger partial charge < -0.3 is 14.0 Å². The lowest BCUT2D eigenvalue weighted by Crippen LogP contribution is -2.39. The summed E-state index contributed by atoms with van der Waals surface area (Å²) in [4.78, 5) is 7.74. The molecule has 0 N–H and O–H groups in total. The maximum Gasteiger partial charge on any atom is 0.142 e. The van der Waals surface area contributed by atoms with Gasteiger partial charge >= 0.3 is 0 Å². The van der Waals surface area contributed by atoms with Gasteiger partial charge in [-0.25, -0.2) is 4.98 Å². The van der Waals surface area contributed by atoms with Crippen molar-refractivity contribution in [1.82, 2.24) is 14.5 Å². The average Bonchev–Trinajstić information content (AvgIpc) is 3.24. The fourth-order valence-electron chi connectivity index (χ4n) is 5.20. The average molecular weight is 573 g/mol. The number of likely N-dealkylation sites (tertiary alicyclic amines) is 1. The van der Waals surface area contributed by atoms with Crippen molar-refractivity contribution in [2.24, 2.45) is 0 Å². The number of benzene rings is 1. The zero-order chi connectivity index (χ0) is 26.6. The van der Waals surface area contributed by atoms with E-state index in [4.69, 9.17) is 14.5 Å². The Bertz CT molecular complexity index is 1020. The molecule has 6 heteroatoms. The van der Waals surface area contributed by atoms with Gasteiger partial charge in [0.25, 0.3) is 0 Å². The van der Waals surface area contributed by atoms with E-state index in [1.807, 2.05) is 26.2 Å². The number of aryl methyl sites for hydroxylation is 2. The molecule has 0 radical (unpaired) electrons. The Morgan fingerprint density at radius 2 is 1.89 bits per heavy atom. The predicted octanol–water partition coefficient (Wildman–Crippen LogP) is 8.06. The molecule has 1 aromatic heterocycles. The fraction of sp³-hybridized carbons (Fsp3) is 0.581. The van der Waals surface area contributed by atoms with Gasteiger partial charge in [-0.2, -0.15) is 0 Å². The molecule has 1 fully saturated rings. The number of imidazole rings is 1. The molecule has 37 heavy (non-hydrogen) atoms. The van der Waals surface area contributed by atoms with Crippen LogP contribution in [0.3, 0.4) is 0 Å². The van der Waals surface area contributed by atoms with Gasteiger partial charge in [0, 0.05) is 31.1 Å². The molecule has 0 amide bonds. The minimum Gasteiger partial charge on any atom is -0.501 e. The maximum absolute atomic E-state index is 5.73. The van der Waals surface area contributed by atoms with Crippen molar-refractivity contribution in [3.8, 4) is 11.4 Å². The Balaban J connectivity index is 1.68. The van der Waals surface area contributed by atoms with Crippen LogP contribution in [0.25, 0.3) is 11.4 Å². The summed E-state index contributed by atoms with van der Waals surface area (Å²) >= 11 is 3.85. The van der Waals surface area contributed by atoms with Crippen molar-refractivity contribution in [3.63, 3.8) is 0 Å². The highest BCUT2D eigenvalue weighted by molar-refractivity contribution is 9.10. The first-order valence-electron chi connectivity index (χ1n) is 14.2. The van der Waals surface area contributed by atoms with E-state index in [1.54, 1.807) is 0 Å². The number of nitrogens with zero attached hydrogens (tertiary/aromatic N) is 3. The van der Waals surface area contributed by atoms with Crippen LogP contribution >= 0.6 is 15.9 Å². The molecule has 2 heterocycles. The van der Waals surface area contributed by atoms with Crippen LogP contribution in [-0.2, 0) is 35.4 Å². The number of hydrogen-bond donors (Lipinski definition) is 0. The molecule has 1 aromatic carbocycles. The molecule has 1 atom stereocenters. The number of allylic oxidation sites excluding steroid dienone is 2. The second kappa shape index (κ2) is 15.4. The molecule has 0 bridgehead atoms. The lowest BCUT2D eigenvalue weighted by atomic mass is 9.97. The number of piperidine rings is 1. The van der Waals surface area contributed by atoms with E-state index in [0.717, 1.165) is 61.5 Å². The van der Waals surface area contributed by atoms with E-state index in [9.17, 15) is 0 Å². The molecule has 1 aliphatic rings. The second-order valence-corrected chi connectivity index (χ2v) is 10.5. The van der Waals surface area contributed by atoms with Crippen LogP contribution in [0.15, 0.2) is 47.0 Å². The smallest absolute Gasteiger partial charge is 0.142 e. The van der Waals surface area contributed by atoms with E-state index in [2.05, 4.69) is 70.4 Å². The first kappa shape index (κ1) is 29.5. The zero-order valence-electron chi connectivity index (χ0n) is 23.6. The number of halogens is 1. The summed E-state index contributed by atoms with van der Waals surface area (Å²) in [6.45, 7) is 15.0.